The third kappa shape index (κ3) is 2.65. The third-order valence-corrected chi connectivity index (χ3v) is 4.45. The number of fused-ring (bicyclic) bond motifs is 2. The predicted molar refractivity (Wildman–Crippen MR) is 94.1 cm³/mol. The number of anilines is 1. The van der Waals surface area contributed by atoms with E-state index in [1.807, 2.05) is 18.2 Å². The molecule has 2 aromatic carbocycles. The molecule has 0 atom stereocenters. The minimum absolute atomic E-state index is 0.782. The Morgan fingerprint density at radius 1 is 0.952 bits per heavy atom. The summed E-state index contributed by atoms with van der Waals surface area (Å²) in [5, 5.41) is 0. The molecule has 0 amide bonds. The molecule has 0 bridgehead atoms. The van der Waals surface area contributed by atoms with E-state index in [0.29, 0.717) is 0 Å². The lowest BCUT2D eigenvalue weighted by atomic mass is 10.2. The predicted octanol–water partition coefficient (Wildman–Crippen LogP) is 4.91. The van der Waals surface area contributed by atoms with Gasteiger partial charge in [-0.3, -0.25) is 0 Å². The van der Waals surface area contributed by atoms with E-state index in [4.69, 9.17) is 4.98 Å². The molecule has 0 N–H and O–H groups in total. The van der Waals surface area contributed by atoms with Crippen LogP contribution in [0.2, 0.25) is 0 Å². The van der Waals surface area contributed by atoms with Gasteiger partial charge in [-0.05, 0) is 12.1 Å². The molecule has 21 heavy (non-hydrogen) atoms. The molecule has 0 saturated carbocycles. The quantitative estimate of drug-likeness (QED) is 0.377. The van der Waals surface area contributed by atoms with Gasteiger partial charge in [-0.15, -0.1) is 13.2 Å². The second kappa shape index (κ2) is 6.02. The summed E-state index contributed by atoms with van der Waals surface area (Å²) in [4.78, 5) is 7.10. The Kier molecular flexibility index (Phi) is 3.93. The number of hydrogen-bond donors (Lipinski definition) is 0. The zero-order valence-electron chi connectivity index (χ0n) is 11.8. The molecule has 0 radical (unpaired) electrons. The van der Waals surface area contributed by atoms with Crippen LogP contribution in [0.4, 0.5) is 5.69 Å². The molecule has 1 heterocycles. The van der Waals surface area contributed by atoms with Crippen LogP contribution in [-0.4, -0.2) is 18.1 Å². The molecule has 104 valence electrons. The molecule has 0 unspecified atom stereocenters. The molecule has 3 rings (SSSR count). The van der Waals surface area contributed by atoms with E-state index >= 15 is 0 Å². The summed E-state index contributed by atoms with van der Waals surface area (Å²) in [6.45, 7) is 9.25. The Hall–Kier alpha value is -2.26. The highest BCUT2D eigenvalue weighted by Crippen LogP contribution is 2.31. The number of hydrogen-bond acceptors (Lipinski definition) is 2. The summed E-state index contributed by atoms with van der Waals surface area (Å²) in [5.41, 5.74) is 3.22. The largest absolute Gasteiger partial charge is 0.362 e. The Bertz CT molecular complexity index is 801. The lowest BCUT2D eigenvalue weighted by Gasteiger charge is -2.21. The van der Waals surface area contributed by atoms with E-state index in [2.05, 4.69) is 54.5 Å². The van der Waals surface area contributed by atoms with Crippen molar-refractivity contribution in [3.8, 4) is 0 Å². The topological polar surface area (TPSA) is 16.1 Å². The molecule has 0 saturated heterocycles. The van der Waals surface area contributed by atoms with Gasteiger partial charge in [-0.25, -0.2) is 4.98 Å². The summed E-state index contributed by atoms with van der Waals surface area (Å²) < 4.78 is 2.41. The van der Waals surface area contributed by atoms with Gasteiger partial charge >= 0.3 is 0 Å². The molecule has 0 aliphatic heterocycles. The van der Waals surface area contributed by atoms with Crippen LogP contribution < -0.4 is 4.90 Å². The maximum Gasteiger partial charge on any atom is 0.259 e. The fourth-order valence-corrected chi connectivity index (χ4v) is 3.41. The van der Waals surface area contributed by atoms with E-state index < -0.39 is 0 Å². The molecule has 0 aliphatic rings. The van der Waals surface area contributed by atoms with Crippen LogP contribution in [0.25, 0.3) is 20.4 Å². The third-order valence-electron chi connectivity index (χ3n) is 3.33. The van der Waals surface area contributed by atoms with E-state index in [9.17, 15) is 0 Å². The van der Waals surface area contributed by atoms with Gasteiger partial charge in [0.05, 0.1) is 5.69 Å². The maximum absolute atomic E-state index is 4.86. The van der Waals surface area contributed by atoms with Crippen LogP contribution in [0.3, 0.4) is 0 Å². The highest BCUT2D eigenvalue weighted by molar-refractivity contribution is 7.24. The summed E-state index contributed by atoms with van der Waals surface area (Å²) in [5.74, 6) is 0. The summed E-state index contributed by atoms with van der Waals surface area (Å²) in [6, 6.07) is 14.6. The first-order valence-electron chi connectivity index (χ1n) is 6.92. The number of aromatic nitrogens is 1. The van der Waals surface area contributed by atoms with E-state index in [1.165, 1.54) is 9.40 Å². The lowest BCUT2D eigenvalue weighted by Crippen LogP contribution is -2.23. The van der Waals surface area contributed by atoms with Crippen molar-refractivity contribution in [1.82, 2.24) is 4.98 Å². The minimum Gasteiger partial charge on any atom is -0.362 e. The van der Waals surface area contributed by atoms with Crippen molar-refractivity contribution >= 4 is 37.5 Å². The second-order valence-corrected chi connectivity index (χ2v) is 5.87. The average molecular weight is 293 g/mol. The van der Waals surface area contributed by atoms with Gasteiger partial charge in [0.1, 0.15) is 5.52 Å². The number of para-hydroxylation sites is 2. The van der Waals surface area contributed by atoms with Crippen molar-refractivity contribution < 1.29 is 0 Å². The molecule has 0 aliphatic carbocycles. The smallest absolute Gasteiger partial charge is 0.259 e. The Labute approximate surface area is 128 Å². The first-order valence-corrected chi connectivity index (χ1v) is 7.73. The van der Waals surface area contributed by atoms with Gasteiger partial charge in [-0.2, -0.15) is 0 Å². The summed E-state index contributed by atoms with van der Waals surface area (Å²) in [6.07, 6.45) is 3.82. The fraction of sp³-hybridized carbons (Fsp3) is 0.111. The SMILES string of the molecule is C=CCN(CC=C)c1cccc2[s+]c3ccccc3nc12. The van der Waals surface area contributed by atoms with Crippen molar-refractivity contribution in [3.63, 3.8) is 0 Å². The molecule has 0 fully saturated rings. The first-order chi connectivity index (χ1) is 10.3. The summed E-state index contributed by atoms with van der Waals surface area (Å²) >= 11 is 1.78. The normalized spacial score (nSPS) is 10.7. The first kappa shape index (κ1) is 13.7. The lowest BCUT2D eigenvalue weighted by molar-refractivity contribution is 0.961. The van der Waals surface area contributed by atoms with Crippen LogP contribution in [0.5, 0.6) is 0 Å². The standard InChI is InChI=1S/C18H17N2S/c1-3-12-20(13-4-2)15-9-7-11-17-18(15)19-14-8-5-6-10-16(14)21-17/h3-11H,1-2,12-13H2/q+1. The Morgan fingerprint density at radius 2 is 1.67 bits per heavy atom. The van der Waals surface area contributed by atoms with E-state index in [1.54, 1.807) is 11.3 Å². The fourth-order valence-electron chi connectivity index (χ4n) is 2.42. The highest BCUT2D eigenvalue weighted by atomic mass is 32.1. The van der Waals surface area contributed by atoms with Crippen molar-refractivity contribution in [3.05, 3.63) is 67.8 Å². The van der Waals surface area contributed by atoms with Gasteiger partial charge in [0, 0.05) is 25.2 Å². The zero-order chi connectivity index (χ0) is 14.7. The van der Waals surface area contributed by atoms with E-state index in [0.717, 1.165) is 29.8 Å². The van der Waals surface area contributed by atoms with E-state index in [-0.39, 0.29) is 0 Å². The molecule has 1 aromatic heterocycles. The van der Waals surface area contributed by atoms with Crippen molar-refractivity contribution in [2.75, 3.05) is 18.0 Å². The molecule has 3 aromatic rings. The van der Waals surface area contributed by atoms with Gasteiger partial charge in [0.2, 0.25) is 11.3 Å². The average Bonchev–Trinajstić information content (AvgIpc) is 2.52. The van der Waals surface area contributed by atoms with Gasteiger partial charge in [0.15, 0.2) is 5.52 Å². The summed E-state index contributed by atoms with van der Waals surface area (Å²) in [7, 11) is 0. The number of benzene rings is 2. The van der Waals surface area contributed by atoms with Gasteiger partial charge in [0.25, 0.3) is 9.40 Å². The van der Waals surface area contributed by atoms with Crippen molar-refractivity contribution in [2.45, 2.75) is 0 Å². The number of rotatable bonds is 5. The van der Waals surface area contributed by atoms with Crippen LogP contribution in [0, 0.1) is 0 Å². The second-order valence-electron chi connectivity index (χ2n) is 4.79. The van der Waals surface area contributed by atoms with Gasteiger partial charge < -0.3 is 4.90 Å². The van der Waals surface area contributed by atoms with Crippen LogP contribution >= 0.6 is 11.3 Å². The Morgan fingerprint density at radius 3 is 2.43 bits per heavy atom. The molecule has 0 spiro atoms. The minimum atomic E-state index is 0.782. The van der Waals surface area contributed by atoms with Crippen LogP contribution in [0.1, 0.15) is 0 Å². The Balaban J connectivity index is 2.24. The molecule has 2 nitrogen and oxygen atoms in total. The molecule has 3 heteroatoms. The molecular weight excluding hydrogens is 276 g/mol. The zero-order valence-corrected chi connectivity index (χ0v) is 12.6. The highest BCUT2D eigenvalue weighted by Gasteiger charge is 2.17. The van der Waals surface area contributed by atoms with Crippen molar-refractivity contribution in [1.29, 1.82) is 0 Å². The number of nitrogens with zero attached hydrogens (tertiary/aromatic N) is 2. The monoisotopic (exact) mass is 293 g/mol. The van der Waals surface area contributed by atoms with Crippen molar-refractivity contribution in [2.24, 2.45) is 0 Å². The molecular formula is C18H17N2S+. The maximum atomic E-state index is 4.86. The van der Waals surface area contributed by atoms with Crippen LogP contribution in [0.15, 0.2) is 67.8 Å². The van der Waals surface area contributed by atoms with Gasteiger partial charge in [-0.1, -0.05) is 30.4 Å². The van der Waals surface area contributed by atoms with Crippen LogP contribution in [-0.2, 0) is 0 Å².